The topological polar surface area (TPSA) is 71.2 Å². The zero-order chi connectivity index (χ0) is 16.2. The summed E-state index contributed by atoms with van der Waals surface area (Å²) < 4.78 is 30.8. The van der Waals surface area contributed by atoms with Crippen molar-refractivity contribution in [3.8, 4) is 5.75 Å². The van der Waals surface area contributed by atoms with Gasteiger partial charge >= 0.3 is 0 Å². The van der Waals surface area contributed by atoms with E-state index >= 15 is 0 Å². The molecule has 2 rings (SSSR count). The second-order valence-corrected chi connectivity index (χ2v) is 7.40. The van der Waals surface area contributed by atoms with Crippen LogP contribution in [0.4, 0.5) is 0 Å². The lowest BCUT2D eigenvalue weighted by Crippen LogP contribution is -2.24. The van der Waals surface area contributed by atoms with Gasteiger partial charge < -0.3 is 9.72 Å². The molecule has 0 saturated carbocycles. The van der Waals surface area contributed by atoms with E-state index in [0.717, 1.165) is 40.6 Å². The van der Waals surface area contributed by atoms with Gasteiger partial charge in [-0.05, 0) is 37.0 Å². The molecule has 2 aromatic rings. The van der Waals surface area contributed by atoms with Gasteiger partial charge in [-0.1, -0.05) is 19.4 Å². The third-order valence-corrected chi connectivity index (χ3v) is 4.33. The number of ether oxygens (including phenoxy) is 1. The van der Waals surface area contributed by atoms with Gasteiger partial charge in [-0.25, -0.2) is 13.1 Å². The highest BCUT2D eigenvalue weighted by molar-refractivity contribution is 7.88. The Morgan fingerprint density at radius 1 is 1.32 bits per heavy atom. The molecular weight excluding hydrogens is 300 g/mol. The Bertz CT molecular complexity index is 735. The largest absolute Gasteiger partial charge is 0.493 e. The summed E-state index contributed by atoms with van der Waals surface area (Å²) in [5.41, 5.74) is 3.28. The summed E-state index contributed by atoms with van der Waals surface area (Å²) in [4.78, 5) is 3.28. The van der Waals surface area contributed by atoms with Crippen LogP contribution < -0.4 is 9.46 Å². The van der Waals surface area contributed by atoms with Crippen LogP contribution in [-0.4, -0.2) is 32.8 Å². The van der Waals surface area contributed by atoms with E-state index in [1.54, 1.807) is 0 Å². The molecule has 0 fully saturated rings. The molecule has 6 heteroatoms. The number of aromatic nitrogens is 1. The molecule has 1 heterocycles. The second kappa shape index (κ2) is 7.15. The van der Waals surface area contributed by atoms with Gasteiger partial charge in [0, 0.05) is 18.1 Å². The van der Waals surface area contributed by atoms with Gasteiger partial charge in [0.15, 0.2) is 0 Å². The molecule has 0 bridgehead atoms. The fourth-order valence-corrected chi connectivity index (χ4v) is 2.91. The number of hydrogen-bond acceptors (Lipinski definition) is 3. The van der Waals surface area contributed by atoms with Crippen molar-refractivity contribution in [3.63, 3.8) is 0 Å². The Labute approximate surface area is 132 Å². The van der Waals surface area contributed by atoms with Crippen LogP contribution in [0.2, 0.25) is 0 Å². The van der Waals surface area contributed by atoms with Gasteiger partial charge in [0.25, 0.3) is 0 Å². The number of sulfonamides is 1. The molecule has 0 atom stereocenters. The number of unbranched alkanes of at least 4 members (excludes halogenated alkanes) is 1. The fraction of sp³-hybridized carbons (Fsp3) is 0.500. The molecule has 0 unspecified atom stereocenters. The van der Waals surface area contributed by atoms with Crippen molar-refractivity contribution < 1.29 is 13.2 Å². The van der Waals surface area contributed by atoms with Gasteiger partial charge in [-0.3, -0.25) is 0 Å². The molecule has 0 aliphatic rings. The first kappa shape index (κ1) is 16.8. The maximum Gasteiger partial charge on any atom is 0.208 e. The first-order valence-electron chi connectivity index (χ1n) is 7.59. The van der Waals surface area contributed by atoms with Crippen molar-refractivity contribution in [3.05, 3.63) is 29.5 Å². The lowest BCUT2D eigenvalue weighted by atomic mass is 10.1. The lowest BCUT2D eigenvalue weighted by Gasteiger charge is -2.10. The smallest absolute Gasteiger partial charge is 0.208 e. The third kappa shape index (κ3) is 4.24. The molecule has 0 aliphatic carbocycles. The molecule has 1 aromatic heterocycles. The monoisotopic (exact) mass is 324 g/mol. The fourth-order valence-electron chi connectivity index (χ4n) is 2.44. The van der Waals surface area contributed by atoms with E-state index in [1.165, 1.54) is 6.26 Å². The summed E-state index contributed by atoms with van der Waals surface area (Å²) in [6, 6.07) is 4.04. The lowest BCUT2D eigenvalue weighted by molar-refractivity contribution is 0.313. The highest BCUT2D eigenvalue weighted by Gasteiger charge is 2.12. The van der Waals surface area contributed by atoms with Gasteiger partial charge in [0.1, 0.15) is 5.75 Å². The Hall–Kier alpha value is -1.53. The molecule has 0 radical (unpaired) electrons. The maximum atomic E-state index is 11.2. The number of fused-ring (bicyclic) bond motifs is 1. The average Bonchev–Trinajstić information content (AvgIpc) is 2.85. The third-order valence-electron chi connectivity index (χ3n) is 3.60. The van der Waals surface area contributed by atoms with E-state index in [1.807, 2.05) is 25.3 Å². The van der Waals surface area contributed by atoms with Crippen molar-refractivity contribution in [2.24, 2.45) is 0 Å². The molecular formula is C16H24N2O3S. The normalized spacial score (nSPS) is 12.0. The van der Waals surface area contributed by atoms with Crippen LogP contribution in [0, 0.1) is 6.92 Å². The predicted octanol–water partition coefficient (Wildman–Crippen LogP) is 2.75. The molecule has 2 N–H and O–H groups in total. The Morgan fingerprint density at radius 3 is 2.77 bits per heavy atom. The number of rotatable bonds is 8. The van der Waals surface area contributed by atoms with Crippen molar-refractivity contribution >= 4 is 20.9 Å². The number of aromatic amines is 1. The van der Waals surface area contributed by atoms with E-state index < -0.39 is 10.0 Å². The zero-order valence-electron chi connectivity index (χ0n) is 13.4. The minimum Gasteiger partial charge on any atom is -0.493 e. The van der Waals surface area contributed by atoms with Crippen LogP contribution >= 0.6 is 0 Å². The highest BCUT2D eigenvalue weighted by Crippen LogP contribution is 2.31. The first-order chi connectivity index (χ1) is 10.4. The van der Waals surface area contributed by atoms with Gasteiger partial charge in [0.2, 0.25) is 10.0 Å². The molecule has 1 aromatic carbocycles. The van der Waals surface area contributed by atoms with Crippen molar-refractivity contribution in [1.29, 1.82) is 0 Å². The van der Waals surface area contributed by atoms with Crippen molar-refractivity contribution in [2.75, 3.05) is 19.4 Å². The number of aryl methyl sites for hydroxylation is 1. The van der Waals surface area contributed by atoms with Crippen LogP contribution in [0.1, 0.15) is 30.9 Å². The minimum absolute atomic E-state index is 0.383. The second-order valence-electron chi connectivity index (χ2n) is 5.56. The number of benzene rings is 1. The summed E-state index contributed by atoms with van der Waals surface area (Å²) in [7, 11) is -3.16. The zero-order valence-corrected chi connectivity index (χ0v) is 14.2. The Balaban J connectivity index is 2.24. The average molecular weight is 324 g/mol. The minimum atomic E-state index is -3.16. The number of H-pyrrole nitrogens is 1. The van der Waals surface area contributed by atoms with Gasteiger partial charge in [-0.2, -0.15) is 0 Å². The summed E-state index contributed by atoms with van der Waals surface area (Å²) in [5.74, 6) is 0.865. The van der Waals surface area contributed by atoms with Crippen LogP contribution in [0.3, 0.4) is 0 Å². The number of hydrogen-bond donors (Lipinski definition) is 2. The molecule has 122 valence electrons. The van der Waals surface area contributed by atoms with Crippen LogP contribution in [0.5, 0.6) is 5.75 Å². The highest BCUT2D eigenvalue weighted by atomic mass is 32.2. The predicted molar refractivity (Wildman–Crippen MR) is 90.0 cm³/mol. The van der Waals surface area contributed by atoms with Gasteiger partial charge in [-0.15, -0.1) is 0 Å². The SMILES string of the molecule is CCCCOc1ccc(C)c2[nH]cc(CCNS(C)(=O)=O)c12. The van der Waals surface area contributed by atoms with E-state index in [0.29, 0.717) is 19.6 Å². The van der Waals surface area contributed by atoms with Gasteiger partial charge in [0.05, 0.1) is 18.4 Å². The quantitative estimate of drug-likeness (QED) is 0.734. The number of nitrogens with one attached hydrogen (secondary N) is 2. The van der Waals surface area contributed by atoms with E-state index in [4.69, 9.17) is 4.74 Å². The molecule has 5 nitrogen and oxygen atoms in total. The molecule has 0 saturated heterocycles. The molecule has 0 aliphatic heterocycles. The Morgan fingerprint density at radius 2 is 2.09 bits per heavy atom. The van der Waals surface area contributed by atoms with Crippen LogP contribution in [0.25, 0.3) is 10.9 Å². The molecule has 0 spiro atoms. The van der Waals surface area contributed by atoms with Crippen LogP contribution in [0.15, 0.2) is 18.3 Å². The van der Waals surface area contributed by atoms with Crippen molar-refractivity contribution in [1.82, 2.24) is 9.71 Å². The summed E-state index contributed by atoms with van der Waals surface area (Å²) in [5, 5.41) is 1.06. The molecule has 0 amide bonds. The summed E-state index contributed by atoms with van der Waals surface area (Å²) in [6.45, 7) is 5.26. The standard InChI is InChI=1S/C16H24N2O3S/c1-4-5-10-21-14-7-6-12(2)16-15(14)13(11-17-16)8-9-18-22(3,19)20/h6-7,11,17-18H,4-5,8-10H2,1-3H3. The van der Waals surface area contributed by atoms with Crippen molar-refractivity contribution in [2.45, 2.75) is 33.1 Å². The van der Waals surface area contributed by atoms with E-state index in [-0.39, 0.29) is 0 Å². The van der Waals surface area contributed by atoms with E-state index in [9.17, 15) is 8.42 Å². The van der Waals surface area contributed by atoms with E-state index in [2.05, 4.69) is 16.6 Å². The maximum absolute atomic E-state index is 11.2. The summed E-state index contributed by atoms with van der Waals surface area (Å²) >= 11 is 0. The summed E-state index contributed by atoms with van der Waals surface area (Å²) in [6.07, 6.45) is 5.85. The molecule has 22 heavy (non-hydrogen) atoms. The van der Waals surface area contributed by atoms with Crippen LogP contribution in [-0.2, 0) is 16.4 Å². The Kier molecular flexibility index (Phi) is 5.47. The first-order valence-corrected chi connectivity index (χ1v) is 9.48.